The van der Waals surface area contributed by atoms with Gasteiger partial charge in [-0.05, 0) is 24.7 Å². The van der Waals surface area contributed by atoms with Gasteiger partial charge in [-0.25, -0.2) is 0 Å². The van der Waals surface area contributed by atoms with E-state index in [1.807, 2.05) is 0 Å². The summed E-state index contributed by atoms with van der Waals surface area (Å²) in [5.74, 6) is 1.53. The van der Waals surface area contributed by atoms with Crippen molar-refractivity contribution in [3.05, 3.63) is 0 Å². The average molecular weight is 198 g/mol. The van der Waals surface area contributed by atoms with Crippen LogP contribution in [0.3, 0.4) is 0 Å². The molecular formula is C11H22N2O. The first-order valence-electron chi connectivity index (χ1n) is 5.68. The first-order valence-corrected chi connectivity index (χ1v) is 5.68. The van der Waals surface area contributed by atoms with Crippen LogP contribution >= 0.6 is 0 Å². The highest BCUT2D eigenvalue weighted by Gasteiger charge is 2.31. The molecule has 0 spiro atoms. The number of nitrogens with two attached hydrogens (primary N) is 1. The molecule has 0 aromatic heterocycles. The molecule has 0 saturated heterocycles. The van der Waals surface area contributed by atoms with Crippen molar-refractivity contribution in [2.75, 3.05) is 6.54 Å². The van der Waals surface area contributed by atoms with Gasteiger partial charge in [0.2, 0.25) is 5.91 Å². The highest BCUT2D eigenvalue weighted by molar-refractivity contribution is 5.76. The summed E-state index contributed by atoms with van der Waals surface area (Å²) >= 11 is 0. The zero-order chi connectivity index (χ0) is 10.6. The summed E-state index contributed by atoms with van der Waals surface area (Å²) in [6, 6.07) is 0.388. The molecule has 0 radical (unpaired) electrons. The van der Waals surface area contributed by atoms with E-state index in [1.54, 1.807) is 0 Å². The standard InChI is InChI=1S/C11H22N2O/c1-3-9-4-5-10(8(9)2)13-11(14)6-7-12/h8-10H,3-7,12H2,1-2H3,(H,13,14). The lowest BCUT2D eigenvalue weighted by atomic mass is 9.93. The van der Waals surface area contributed by atoms with E-state index in [0.29, 0.717) is 24.9 Å². The summed E-state index contributed by atoms with van der Waals surface area (Å²) < 4.78 is 0. The monoisotopic (exact) mass is 198 g/mol. The molecule has 82 valence electrons. The van der Waals surface area contributed by atoms with Gasteiger partial charge in [0.05, 0.1) is 0 Å². The normalized spacial score (nSPS) is 31.8. The number of amides is 1. The Morgan fingerprint density at radius 3 is 2.71 bits per heavy atom. The van der Waals surface area contributed by atoms with Crippen molar-refractivity contribution in [2.24, 2.45) is 17.6 Å². The van der Waals surface area contributed by atoms with E-state index >= 15 is 0 Å². The largest absolute Gasteiger partial charge is 0.353 e. The molecule has 1 rings (SSSR count). The number of carbonyl (C=O) groups is 1. The molecule has 1 fully saturated rings. The first kappa shape index (κ1) is 11.5. The molecule has 3 atom stereocenters. The van der Waals surface area contributed by atoms with Crippen LogP contribution < -0.4 is 11.1 Å². The molecule has 3 unspecified atom stereocenters. The lowest BCUT2D eigenvalue weighted by Crippen LogP contribution is -2.38. The first-order chi connectivity index (χ1) is 6.69. The van der Waals surface area contributed by atoms with Gasteiger partial charge in [-0.1, -0.05) is 20.3 Å². The molecule has 1 amide bonds. The van der Waals surface area contributed by atoms with Gasteiger partial charge in [0.25, 0.3) is 0 Å². The van der Waals surface area contributed by atoms with Crippen LogP contribution in [0.1, 0.15) is 39.5 Å². The molecule has 0 aromatic carbocycles. The van der Waals surface area contributed by atoms with E-state index in [2.05, 4.69) is 19.2 Å². The van der Waals surface area contributed by atoms with Crippen molar-refractivity contribution in [3.8, 4) is 0 Å². The molecular weight excluding hydrogens is 176 g/mol. The van der Waals surface area contributed by atoms with Crippen molar-refractivity contribution in [2.45, 2.75) is 45.6 Å². The van der Waals surface area contributed by atoms with E-state index in [0.717, 1.165) is 12.3 Å². The predicted octanol–water partition coefficient (Wildman–Crippen LogP) is 1.28. The van der Waals surface area contributed by atoms with Crippen LogP contribution in [0, 0.1) is 11.8 Å². The Morgan fingerprint density at radius 2 is 2.21 bits per heavy atom. The summed E-state index contributed by atoms with van der Waals surface area (Å²) in [6.07, 6.45) is 4.08. The quantitative estimate of drug-likeness (QED) is 0.715. The lowest BCUT2D eigenvalue weighted by Gasteiger charge is -2.20. The number of rotatable bonds is 4. The Bertz CT molecular complexity index is 194. The Labute approximate surface area is 86.4 Å². The summed E-state index contributed by atoms with van der Waals surface area (Å²) in [7, 11) is 0. The third-order valence-corrected chi connectivity index (χ3v) is 3.47. The predicted molar refractivity (Wildman–Crippen MR) is 57.8 cm³/mol. The van der Waals surface area contributed by atoms with E-state index in [4.69, 9.17) is 5.73 Å². The van der Waals surface area contributed by atoms with Crippen molar-refractivity contribution in [1.29, 1.82) is 0 Å². The van der Waals surface area contributed by atoms with E-state index in [1.165, 1.54) is 12.8 Å². The number of hydrogen-bond donors (Lipinski definition) is 2. The number of hydrogen-bond acceptors (Lipinski definition) is 2. The Morgan fingerprint density at radius 1 is 1.50 bits per heavy atom. The van der Waals surface area contributed by atoms with Crippen LogP contribution in [0.25, 0.3) is 0 Å². The second-order valence-electron chi connectivity index (χ2n) is 4.32. The van der Waals surface area contributed by atoms with Crippen molar-refractivity contribution >= 4 is 5.91 Å². The van der Waals surface area contributed by atoms with E-state index in [-0.39, 0.29) is 5.91 Å². The van der Waals surface area contributed by atoms with Gasteiger partial charge in [0, 0.05) is 19.0 Å². The van der Waals surface area contributed by atoms with Crippen LogP contribution in [0.5, 0.6) is 0 Å². The molecule has 14 heavy (non-hydrogen) atoms. The third-order valence-electron chi connectivity index (χ3n) is 3.47. The summed E-state index contributed by atoms with van der Waals surface area (Å²) in [6.45, 7) is 4.92. The third kappa shape index (κ3) is 2.71. The highest BCUT2D eigenvalue weighted by atomic mass is 16.1. The van der Waals surface area contributed by atoms with Gasteiger partial charge in [-0.15, -0.1) is 0 Å². The van der Waals surface area contributed by atoms with E-state index < -0.39 is 0 Å². The summed E-state index contributed by atoms with van der Waals surface area (Å²) in [5, 5.41) is 3.07. The minimum absolute atomic E-state index is 0.112. The Balaban J connectivity index is 2.36. The fraction of sp³-hybridized carbons (Fsp3) is 0.909. The Hall–Kier alpha value is -0.570. The van der Waals surface area contributed by atoms with Gasteiger partial charge in [-0.2, -0.15) is 0 Å². The van der Waals surface area contributed by atoms with Gasteiger partial charge in [-0.3, -0.25) is 4.79 Å². The van der Waals surface area contributed by atoms with Gasteiger partial charge in [0.1, 0.15) is 0 Å². The highest BCUT2D eigenvalue weighted by Crippen LogP contribution is 2.33. The number of carbonyl (C=O) groups excluding carboxylic acids is 1. The zero-order valence-electron chi connectivity index (χ0n) is 9.25. The SMILES string of the molecule is CCC1CCC(NC(=O)CCN)C1C. The second kappa shape index (κ2) is 5.35. The molecule has 0 bridgehead atoms. The van der Waals surface area contributed by atoms with Crippen LogP contribution in [0.4, 0.5) is 0 Å². The van der Waals surface area contributed by atoms with Crippen molar-refractivity contribution in [1.82, 2.24) is 5.32 Å². The van der Waals surface area contributed by atoms with Crippen LogP contribution in [0.15, 0.2) is 0 Å². The van der Waals surface area contributed by atoms with Crippen LogP contribution in [-0.4, -0.2) is 18.5 Å². The zero-order valence-corrected chi connectivity index (χ0v) is 9.25. The molecule has 1 aliphatic rings. The molecule has 3 heteroatoms. The van der Waals surface area contributed by atoms with Crippen molar-refractivity contribution < 1.29 is 4.79 Å². The van der Waals surface area contributed by atoms with Gasteiger partial charge < -0.3 is 11.1 Å². The topological polar surface area (TPSA) is 55.1 Å². The summed E-state index contributed by atoms with van der Waals surface area (Å²) in [5.41, 5.74) is 5.33. The second-order valence-corrected chi connectivity index (χ2v) is 4.32. The fourth-order valence-corrected chi connectivity index (χ4v) is 2.44. The van der Waals surface area contributed by atoms with Crippen LogP contribution in [0.2, 0.25) is 0 Å². The molecule has 0 aromatic rings. The summed E-state index contributed by atoms with van der Waals surface area (Å²) in [4.78, 5) is 11.3. The molecule has 0 heterocycles. The smallest absolute Gasteiger partial charge is 0.221 e. The maximum Gasteiger partial charge on any atom is 0.221 e. The average Bonchev–Trinajstić information content (AvgIpc) is 2.48. The number of nitrogens with one attached hydrogen (secondary N) is 1. The fourth-order valence-electron chi connectivity index (χ4n) is 2.44. The van der Waals surface area contributed by atoms with Gasteiger partial charge in [0.15, 0.2) is 0 Å². The minimum Gasteiger partial charge on any atom is -0.353 e. The van der Waals surface area contributed by atoms with Crippen molar-refractivity contribution in [3.63, 3.8) is 0 Å². The van der Waals surface area contributed by atoms with Gasteiger partial charge >= 0.3 is 0 Å². The lowest BCUT2D eigenvalue weighted by molar-refractivity contribution is -0.121. The molecule has 3 nitrogen and oxygen atoms in total. The molecule has 0 aliphatic heterocycles. The minimum atomic E-state index is 0.112. The molecule has 1 aliphatic carbocycles. The van der Waals surface area contributed by atoms with E-state index in [9.17, 15) is 4.79 Å². The Kier molecular flexibility index (Phi) is 4.39. The molecule has 1 saturated carbocycles. The van der Waals surface area contributed by atoms with Crippen LogP contribution in [-0.2, 0) is 4.79 Å². The maximum absolute atomic E-state index is 11.3. The molecule has 3 N–H and O–H groups in total. The maximum atomic E-state index is 11.3.